The standard InChI is InChI=1S/C5H6O4.C2H6/c1-7-5-2-4(6)8-3-9-5;1-2/h2H,3H2,1H3;1-2H3. The van der Waals surface area contributed by atoms with Crippen molar-refractivity contribution in [1.82, 2.24) is 0 Å². The lowest BCUT2D eigenvalue weighted by atomic mass is 10.6. The smallest absolute Gasteiger partial charge is 0.340 e. The van der Waals surface area contributed by atoms with Gasteiger partial charge in [-0.05, 0) is 0 Å². The summed E-state index contributed by atoms with van der Waals surface area (Å²) in [7, 11) is 1.42. The first-order chi connectivity index (χ1) is 5.33. The molecule has 0 saturated carbocycles. The molecule has 0 bridgehead atoms. The van der Waals surface area contributed by atoms with Crippen LogP contribution in [0.3, 0.4) is 0 Å². The van der Waals surface area contributed by atoms with Gasteiger partial charge in [0.2, 0.25) is 6.79 Å². The van der Waals surface area contributed by atoms with Crippen molar-refractivity contribution in [3.8, 4) is 0 Å². The Balaban J connectivity index is 0.000000461. The number of hydrogen-bond donors (Lipinski definition) is 0. The maximum Gasteiger partial charge on any atom is 0.340 e. The molecular weight excluding hydrogens is 148 g/mol. The second-order valence-corrected chi connectivity index (χ2v) is 1.39. The Hall–Kier alpha value is -1.19. The first-order valence-corrected chi connectivity index (χ1v) is 3.38. The van der Waals surface area contributed by atoms with Crippen molar-refractivity contribution in [3.05, 3.63) is 12.0 Å². The SMILES string of the molecule is CC.COC1=CC(=O)OCO1. The van der Waals surface area contributed by atoms with Crippen LogP contribution < -0.4 is 0 Å². The maximum absolute atomic E-state index is 10.4. The molecule has 0 saturated heterocycles. The van der Waals surface area contributed by atoms with Crippen molar-refractivity contribution in [1.29, 1.82) is 0 Å². The first-order valence-electron chi connectivity index (χ1n) is 3.38. The quantitative estimate of drug-likeness (QED) is 0.537. The van der Waals surface area contributed by atoms with Crippen molar-refractivity contribution < 1.29 is 19.0 Å². The summed E-state index contributed by atoms with van der Waals surface area (Å²) in [5.41, 5.74) is 0. The van der Waals surface area contributed by atoms with Crippen LogP contribution in [0.4, 0.5) is 0 Å². The number of cyclic esters (lactones) is 1. The van der Waals surface area contributed by atoms with Gasteiger partial charge in [-0.3, -0.25) is 0 Å². The van der Waals surface area contributed by atoms with Crippen LogP contribution in [0, 0.1) is 0 Å². The Kier molecular flexibility index (Phi) is 4.98. The lowest BCUT2D eigenvalue weighted by molar-refractivity contribution is -0.157. The van der Waals surface area contributed by atoms with Gasteiger partial charge in [0, 0.05) is 0 Å². The van der Waals surface area contributed by atoms with Crippen LogP contribution in [-0.4, -0.2) is 19.9 Å². The topological polar surface area (TPSA) is 44.8 Å². The molecule has 0 aliphatic carbocycles. The van der Waals surface area contributed by atoms with Crippen LogP contribution in [0.25, 0.3) is 0 Å². The van der Waals surface area contributed by atoms with Crippen LogP contribution >= 0.6 is 0 Å². The van der Waals surface area contributed by atoms with Gasteiger partial charge < -0.3 is 14.2 Å². The lowest BCUT2D eigenvalue weighted by Gasteiger charge is -2.11. The predicted molar refractivity (Wildman–Crippen MR) is 38.5 cm³/mol. The van der Waals surface area contributed by atoms with Gasteiger partial charge in [-0.2, -0.15) is 0 Å². The molecule has 0 spiro atoms. The zero-order valence-electron chi connectivity index (χ0n) is 6.92. The Labute approximate surface area is 65.7 Å². The molecule has 0 amide bonds. The van der Waals surface area contributed by atoms with Crippen LogP contribution in [0.5, 0.6) is 0 Å². The van der Waals surface area contributed by atoms with Gasteiger partial charge in [0.1, 0.15) is 6.08 Å². The largest absolute Gasteiger partial charge is 0.468 e. The highest BCUT2D eigenvalue weighted by Crippen LogP contribution is 2.03. The number of esters is 1. The van der Waals surface area contributed by atoms with Crippen molar-refractivity contribution in [2.75, 3.05) is 13.9 Å². The minimum Gasteiger partial charge on any atom is -0.468 e. The van der Waals surface area contributed by atoms with E-state index in [1.54, 1.807) is 0 Å². The fourth-order valence-electron chi connectivity index (χ4n) is 0.443. The molecule has 4 heteroatoms. The van der Waals surface area contributed by atoms with Crippen molar-refractivity contribution in [2.45, 2.75) is 13.8 Å². The van der Waals surface area contributed by atoms with E-state index in [2.05, 4.69) is 9.47 Å². The minimum absolute atomic E-state index is 0.0570. The van der Waals surface area contributed by atoms with Crippen molar-refractivity contribution >= 4 is 5.97 Å². The third kappa shape index (κ3) is 3.50. The van der Waals surface area contributed by atoms with E-state index >= 15 is 0 Å². The molecule has 1 aliphatic rings. The van der Waals surface area contributed by atoms with Gasteiger partial charge in [-0.25, -0.2) is 4.79 Å². The van der Waals surface area contributed by atoms with Gasteiger partial charge in [0.25, 0.3) is 5.95 Å². The molecule has 0 aromatic rings. The highest BCUT2D eigenvalue weighted by molar-refractivity contribution is 5.82. The maximum atomic E-state index is 10.4. The van der Waals surface area contributed by atoms with E-state index < -0.39 is 5.97 Å². The number of hydrogen-bond acceptors (Lipinski definition) is 4. The highest BCUT2D eigenvalue weighted by Gasteiger charge is 2.10. The van der Waals surface area contributed by atoms with Gasteiger partial charge in [-0.15, -0.1) is 0 Å². The normalized spacial score (nSPS) is 14.8. The van der Waals surface area contributed by atoms with E-state index in [1.165, 1.54) is 7.11 Å². The number of ether oxygens (including phenoxy) is 3. The van der Waals surface area contributed by atoms with E-state index in [0.717, 1.165) is 6.08 Å². The summed E-state index contributed by atoms with van der Waals surface area (Å²) >= 11 is 0. The van der Waals surface area contributed by atoms with Crippen LogP contribution in [0.2, 0.25) is 0 Å². The summed E-state index contributed by atoms with van der Waals surface area (Å²) in [6, 6.07) is 0. The molecule has 0 aromatic heterocycles. The van der Waals surface area contributed by atoms with E-state index in [1.807, 2.05) is 13.8 Å². The number of rotatable bonds is 1. The molecule has 4 nitrogen and oxygen atoms in total. The van der Waals surface area contributed by atoms with E-state index in [0.29, 0.717) is 0 Å². The molecule has 0 fully saturated rings. The molecule has 0 aromatic carbocycles. The molecule has 1 aliphatic heterocycles. The molecule has 0 unspecified atom stereocenters. The molecule has 0 radical (unpaired) electrons. The zero-order chi connectivity index (χ0) is 8.69. The monoisotopic (exact) mass is 160 g/mol. The zero-order valence-corrected chi connectivity index (χ0v) is 6.92. The number of carbonyl (C=O) groups is 1. The van der Waals surface area contributed by atoms with Crippen molar-refractivity contribution in [2.24, 2.45) is 0 Å². The third-order valence-electron chi connectivity index (χ3n) is 0.839. The Morgan fingerprint density at radius 1 is 1.45 bits per heavy atom. The fourth-order valence-corrected chi connectivity index (χ4v) is 0.443. The summed E-state index contributed by atoms with van der Waals surface area (Å²) in [5, 5.41) is 0. The molecule has 11 heavy (non-hydrogen) atoms. The average Bonchev–Trinajstić information content (AvgIpc) is 2.08. The second-order valence-electron chi connectivity index (χ2n) is 1.39. The average molecular weight is 160 g/mol. The minimum atomic E-state index is -0.432. The van der Waals surface area contributed by atoms with Gasteiger partial charge in [-0.1, -0.05) is 13.8 Å². The lowest BCUT2D eigenvalue weighted by Crippen LogP contribution is -2.13. The Bertz CT molecular complexity index is 151. The van der Waals surface area contributed by atoms with Crippen molar-refractivity contribution in [3.63, 3.8) is 0 Å². The second kappa shape index (κ2) is 5.58. The van der Waals surface area contributed by atoms with Crippen LogP contribution in [0.1, 0.15) is 13.8 Å². The van der Waals surface area contributed by atoms with Crippen LogP contribution in [-0.2, 0) is 19.0 Å². The number of carbonyl (C=O) groups excluding carboxylic acids is 1. The highest BCUT2D eigenvalue weighted by atomic mass is 16.8. The van der Waals surface area contributed by atoms with E-state index in [-0.39, 0.29) is 12.7 Å². The molecule has 1 rings (SSSR count). The fraction of sp³-hybridized carbons (Fsp3) is 0.571. The van der Waals surface area contributed by atoms with Gasteiger partial charge >= 0.3 is 5.97 Å². The van der Waals surface area contributed by atoms with Crippen LogP contribution in [0.15, 0.2) is 12.0 Å². The number of methoxy groups -OCH3 is 1. The van der Waals surface area contributed by atoms with Gasteiger partial charge in [0.05, 0.1) is 7.11 Å². The predicted octanol–water partition coefficient (Wildman–Crippen LogP) is 1.03. The first kappa shape index (κ1) is 9.81. The Morgan fingerprint density at radius 3 is 2.45 bits per heavy atom. The summed E-state index contributed by atoms with van der Waals surface area (Å²) in [4.78, 5) is 10.4. The Morgan fingerprint density at radius 2 is 2.09 bits per heavy atom. The molecular formula is C7H12O4. The van der Waals surface area contributed by atoms with Gasteiger partial charge in [0.15, 0.2) is 0 Å². The summed E-state index contributed by atoms with van der Waals surface area (Å²) in [6.45, 7) is 3.94. The van der Waals surface area contributed by atoms with E-state index in [4.69, 9.17) is 4.74 Å². The summed E-state index contributed by atoms with van der Waals surface area (Å²) in [6.07, 6.45) is 1.14. The molecule has 64 valence electrons. The summed E-state index contributed by atoms with van der Waals surface area (Å²) in [5.74, 6) is -0.232. The summed E-state index contributed by atoms with van der Waals surface area (Å²) < 4.78 is 13.7. The molecule has 0 atom stereocenters. The third-order valence-corrected chi connectivity index (χ3v) is 0.839. The molecule has 0 N–H and O–H groups in total. The molecule has 1 heterocycles. The van der Waals surface area contributed by atoms with E-state index in [9.17, 15) is 4.79 Å².